The minimum absolute atomic E-state index is 0.744. The van der Waals surface area contributed by atoms with E-state index in [-0.39, 0.29) is 0 Å². The Bertz CT molecular complexity index is 129. The topological polar surface area (TPSA) is 69.9 Å². The Hall–Kier alpha value is -0.230. The number of aliphatic hydroxyl groups excluding tert-OH is 3. The summed E-state index contributed by atoms with van der Waals surface area (Å²) >= 11 is 0. The van der Waals surface area contributed by atoms with Gasteiger partial charge in [-0.2, -0.15) is 0 Å². The number of ether oxygens (including phenoxy) is 1. The lowest BCUT2D eigenvalue weighted by atomic mass is 10.0. The van der Waals surface area contributed by atoms with E-state index < -0.39 is 30.8 Å². The maximum atomic E-state index is 12.6. The minimum atomic E-state index is -1.93. The van der Waals surface area contributed by atoms with Crippen molar-refractivity contribution in [3.63, 3.8) is 0 Å². The van der Waals surface area contributed by atoms with Crippen LogP contribution >= 0.6 is 0 Å². The Balaban J connectivity index is 2.63. The first-order chi connectivity index (χ1) is 5.04. The maximum absolute atomic E-state index is 12.6. The van der Waals surface area contributed by atoms with Gasteiger partial charge in [-0.15, -0.1) is 0 Å². The van der Waals surface area contributed by atoms with Crippen molar-refractivity contribution in [2.45, 2.75) is 37.7 Å². The number of aliphatic hydroxyl groups is 3. The molecule has 0 aromatic heterocycles. The average Bonchev–Trinajstić information content (AvgIpc) is 1.97. The van der Waals surface area contributed by atoms with Crippen molar-refractivity contribution in [1.82, 2.24) is 0 Å². The fraction of sp³-hybridized carbons (Fsp3) is 1.00. The molecule has 1 saturated heterocycles. The van der Waals surface area contributed by atoms with E-state index in [4.69, 9.17) is 15.3 Å². The Kier molecular flexibility index (Phi) is 2.43. The largest absolute Gasteiger partial charge is 0.388 e. The summed E-state index contributed by atoms with van der Waals surface area (Å²) in [5.74, 6) is 0. The van der Waals surface area contributed by atoms with Crippen LogP contribution in [0.5, 0.6) is 0 Å². The average molecular weight is 166 g/mol. The molecule has 1 fully saturated rings. The lowest BCUT2D eigenvalue weighted by molar-refractivity contribution is -0.261. The summed E-state index contributed by atoms with van der Waals surface area (Å²) in [5.41, 5.74) is 0. The molecular formula is C6H11FO4. The second-order valence-electron chi connectivity index (χ2n) is 2.66. The molecule has 0 amide bonds. The van der Waals surface area contributed by atoms with Crippen LogP contribution in [-0.4, -0.2) is 46.1 Å². The molecule has 0 aromatic carbocycles. The summed E-state index contributed by atoms with van der Waals surface area (Å²) in [6.07, 6.45) is -7.14. The molecule has 5 atom stereocenters. The highest BCUT2D eigenvalue weighted by Crippen LogP contribution is 2.21. The Morgan fingerprint density at radius 2 is 1.73 bits per heavy atom. The van der Waals surface area contributed by atoms with E-state index in [1.807, 2.05) is 0 Å². The van der Waals surface area contributed by atoms with Crippen molar-refractivity contribution in [1.29, 1.82) is 0 Å². The van der Waals surface area contributed by atoms with Crippen molar-refractivity contribution in [3.8, 4) is 0 Å². The molecule has 0 aliphatic carbocycles. The molecule has 1 aliphatic heterocycles. The van der Waals surface area contributed by atoms with Gasteiger partial charge in [0.25, 0.3) is 0 Å². The van der Waals surface area contributed by atoms with Crippen molar-refractivity contribution in [2.24, 2.45) is 0 Å². The van der Waals surface area contributed by atoms with Gasteiger partial charge in [0.2, 0.25) is 0 Å². The van der Waals surface area contributed by atoms with Crippen molar-refractivity contribution in [2.75, 3.05) is 0 Å². The van der Waals surface area contributed by atoms with Gasteiger partial charge in [-0.25, -0.2) is 4.39 Å². The fourth-order valence-corrected chi connectivity index (χ4v) is 1.01. The smallest absolute Gasteiger partial charge is 0.189 e. The van der Waals surface area contributed by atoms with Crippen LogP contribution in [-0.2, 0) is 4.74 Å². The molecule has 3 N–H and O–H groups in total. The highest BCUT2D eigenvalue weighted by atomic mass is 19.1. The zero-order chi connectivity index (χ0) is 8.59. The van der Waals surface area contributed by atoms with Gasteiger partial charge in [-0.1, -0.05) is 0 Å². The Labute approximate surface area is 63.2 Å². The van der Waals surface area contributed by atoms with Gasteiger partial charge in [0, 0.05) is 0 Å². The normalized spacial score (nSPS) is 52.6. The highest BCUT2D eigenvalue weighted by molar-refractivity contribution is 4.86. The molecule has 0 unspecified atom stereocenters. The highest BCUT2D eigenvalue weighted by Gasteiger charge is 2.42. The Morgan fingerprint density at radius 1 is 1.18 bits per heavy atom. The van der Waals surface area contributed by atoms with Gasteiger partial charge in [-0.05, 0) is 6.92 Å². The van der Waals surface area contributed by atoms with Crippen LogP contribution in [0.25, 0.3) is 0 Å². The van der Waals surface area contributed by atoms with Gasteiger partial charge in [0.05, 0.1) is 6.10 Å². The van der Waals surface area contributed by atoms with Gasteiger partial charge >= 0.3 is 0 Å². The molecule has 1 rings (SSSR count). The first-order valence-electron chi connectivity index (χ1n) is 3.37. The predicted octanol–water partition coefficient (Wildman–Crippen LogP) is -1.22. The second-order valence-corrected chi connectivity index (χ2v) is 2.66. The van der Waals surface area contributed by atoms with Crippen LogP contribution in [0.4, 0.5) is 4.39 Å². The van der Waals surface area contributed by atoms with Crippen LogP contribution in [0.15, 0.2) is 0 Å². The maximum Gasteiger partial charge on any atom is 0.189 e. The van der Waals surface area contributed by atoms with E-state index in [0.29, 0.717) is 0 Å². The third-order valence-corrected chi connectivity index (χ3v) is 1.78. The number of halogens is 1. The first-order valence-corrected chi connectivity index (χ1v) is 3.37. The lowest BCUT2D eigenvalue weighted by Crippen LogP contribution is -2.54. The summed E-state index contributed by atoms with van der Waals surface area (Å²) in [4.78, 5) is 0. The molecule has 0 saturated carbocycles. The molecule has 0 radical (unpaired) electrons. The number of hydrogen-bond acceptors (Lipinski definition) is 4. The van der Waals surface area contributed by atoms with Crippen LogP contribution < -0.4 is 0 Å². The monoisotopic (exact) mass is 166 g/mol. The van der Waals surface area contributed by atoms with Crippen LogP contribution in [0.2, 0.25) is 0 Å². The summed E-state index contributed by atoms with van der Waals surface area (Å²) < 4.78 is 17.2. The molecule has 0 spiro atoms. The van der Waals surface area contributed by atoms with E-state index in [2.05, 4.69) is 4.74 Å². The standard InChI is InChI=1S/C6H11FO4/c1-2-4(8)5(9)3(7)6(10)11-2/h2-6,8-10H,1H3/t2-,3+,4-,5-,6-/m0/s1. The van der Waals surface area contributed by atoms with E-state index in [9.17, 15) is 4.39 Å². The third-order valence-electron chi connectivity index (χ3n) is 1.78. The van der Waals surface area contributed by atoms with Gasteiger partial charge < -0.3 is 20.1 Å². The zero-order valence-electron chi connectivity index (χ0n) is 6.01. The lowest BCUT2D eigenvalue weighted by Gasteiger charge is -2.35. The molecule has 1 aliphatic rings. The molecule has 1 heterocycles. The van der Waals surface area contributed by atoms with E-state index in [1.54, 1.807) is 0 Å². The predicted molar refractivity (Wildman–Crippen MR) is 33.5 cm³/mol. The number of hydrogen-bond donors (Lipinski definition) is 3. The van der Waals surface area contributed by atoms with Gasteiger partial charge in [0.1, 0.15) is 12.2 Å². The summed E-state index contributed by atoms with van der Waals surface area (Å²) in [7, 11) is 0. The van der Waals surface area contributed by atoms with Gasteiger partial charge in [0.15, 0.2) is 12.5 Å². The summed E-state index contributed by atoms with van der Waals surface area (Å²) in [5, 5.41) is 26.7. The quantitative estimate of drug-likeness (QED) is 0.422. The van der Waals surface area contributed by atoms with Gasteiger partial charge in [-0.3, -0.25) is 0 Å². The fourth-order valence-electron chi connectivity index (χ4n) is 1.01. The van der Waals surface area contributed by atoms with Crippen LogP contribution in [0, 0.1) is 0 Å². The molecule has 66 valence electrons. The van der Waals surface area contributed by atoms with E-state index >= 15 is 0 Å². The third kappa shape index (κ3) is 1.51. The SMILES string of the molecule is C[C@@H]1O[C@H](O)[C@H](F)[C@H](O)[C@H]1O. The van der Waals surface area contributed by atoms with Crippen molar-refractivity contribution < 1.29 is 24.4 Å². The molecule has 0 aromatic rings. The number of alkyl halides is 1. The molecule has 11 heavy (non-hydrogen) atoms. The summed E-state index contributed by atoms with van der Waals surface area (Å²) in [6.45, 7) is 1.45. The molecule has 4 nitrogen and oxygen atoms in total. The first kappa shape index (κ1) is 8.86. The number of rotatable bonds is 0. The molecule has 5 heteroatoms. The van der Waals surface area contributed by atoms with Crippen LogP contribution in [0.3, 0.4) is 0 Å². The van der Waals surface area contributed by atoms with Crippen LogP contribution in [0.1, 0.15) is 6.92 Å². The van der Waals surface area contributed by atoms with E-state index in [0.717, 1.165) is 0 Å². The summed E-state index contributed by atoms with van der Waals surface area (Å²) in [6, 6.07) is 0. The molecule has 0 bridgehead atoms. The zero-order valence-corrected chi connectivity index (χ0v) is 6.01. The van der Waals surface area contributed by atoms with Crippen molar-refractivity contribution >= 4 is 0 Å². The molecular weight excluding hydrogens is 155 g/mol. The van der Waals surface area contributed by atoms with E-state index in [1.165, 1.54) is 6.92 Å². The van der Waals surface area contributed by atoms with Crippen molar-refractivity contribution in [3.05, 3.63) is 0 Å². The minimum Gasteiger partial charge on any atom is -0.388 e. The Morgan fingerprint density at radius 3 is 2.27 bits per heavy atom. The second kappa shape index (κ2) is 3.02.